The second kappa shape index (κ2) is 15.1. The highest BCUT2D eigenvalue weighted by Crippen LogP contribution is 2.42. The minimum atomic E-state index is -0.189. The van der Waals surface area contributed by atoms with Crippen molar-refractivity contribution in [2.75, 3.05) is 13.2 Å². The van der Waals surface area contributed by atoms with E-state index in [1.165, 1.54) is 0 Å². The fourth-order valence-corrected chi connectivity index (χ4v) is 5.64. The molecule has 1 aromatic rings. The summed E-state index contributed by atoms with van der Waals surface area (Å²) in [6.07, 6.45) is 16.7. The molecule has 5 atom stereocenters. The molecule has 3 rings (SSSR count). The summed E-state index contributed by atoms with van der Waals surface area (Å²) in [4.78, 5) is 11.6. The van der Waals surface area contributed by atoms with E-state index in [0.29, 0.717) is 16.5 Å². The number of carbonyl (C=O) groups is 1. The molecule has 0 bridgehead atoms. The Bertz CT molecular complexity index is 859. The van der Waals surface area contributed by atoms with Gasteiger partial charge in [0.25, 0.3) is 0 Å². The van der Waals surface area contributed by atoms with Gasteiger partial charge < -0.3 is 14.2 Å². The van der Waals surface area contributed by atoms with Gasteiger partial charge in [-0.3, -0.25) is 4.79 Å². The Morgan fingerprint density at radius 1 is 1.17 bits per heavy atom. The van der Waals surface area contributed by atoms with Crippen molar-refractivity contribution in [2.24, 2.45) is 11.8 Å². The fourth-order valence-electron chi connectivity index (χ4n) is 4.65. The summed E-state index contributed by atoms with van der Waals surface area (Å²) in [7, 11) is 0. The van der Waals surface area contributed by atoms with Crippen LogP contribution in [0.2, 0.25) is 10.0 Å². The van der Waals surface area contributed by atoms with Gasteiger partial charge in [0.1, 0.15) is 6.61 Å². The number of carbonyl (C=O) groups excluding carboxylic acids is 1. The fraction of sp³-hybridized carbons (Fsp3) is 0.536. The molecule has 1 aliphatic carbocycles. The van der Waals surface area contributed by atoms with Gasteiger partial charge in [0.15, 0.2) is 6.29 Å². The molecule has 2 fully saturated rings. The van der Waals surface area contributed by atoms with Crippen LogP contribution in [0, 0.1) is 11.8 Å². The van der Waals surface area contributed by atoms with Gasteiger partial charge in [-0.1, -0.05) is 60.2 Å². The van der Waals surface area contributed by atoms with Crippen molar-refractivity contribution < 1.29 is 19.0 Å². The summed E-state index contributed by atoms with van der Waals surface area (Å²) >= 11 is 19.2. The highest BCUT2D eigenvalue weighted by molar-refractivity contribution is 6.34. The Labute approximate surface area is 224 Å². The van der Waals surface area contributed by atoms with E-state index in [2.05, 4.69) is 30.9 Å². The van der Waals surface area contributed by atoms with Crippen molar-refractivity contribution in [3.05, 3.63) is 64.7 Å². The van der Waals surface area contributed by atoms with Crippen LogP contribution in [0.1, 0.15) is 56.9 Å². The van der Waals surface area contributed by atoms with E-state index in [1.54, 1.807) is 12.1 Å². The second-order valence-corrected chi connectivity index (χ2v) is 10.5. The van der Waals surface area contributed by atoms with Gasteiger partial charge in [0.05, 0.1) is 6.10 Å². The van der Waals surface area contributed by atoms with E-state index in [9.17, 15) is 4.79 Å². The summed E-state index contributed by atoms with van der Waals surface area (Å²) in [5.41, 5.74) is 0.950. The SMILES string of the molecule is C=CCOC(=O)CCC/C=C\C[C@@H]1[C@@H](/C=C/c2cc(Cl)cc(Cl)c2)[C@H](OC2CCCCO2)C[C@H]1Cl. The molecule has 2 aliphatic rings. The number of unbranched alkanes of at least 4 members (excludes halogenated alkanes) is 1. The molecule has 1 aliphatic heterocycles. The first-order valence-corrected chi connectivity index (χ1v) is 13.6. The van der Waals surface area contributed by atoms with Crippen molar-refractivity contribution in [3.63, 3.8) is 0 Å². The molecule has 1 aromatic carbocycles. The third-order valence-corrected chi connectivity index (χ3v) is 7.33. The van der Waals surface area contributed by atoms with E-state index in [1.807, 2.05) is 12.1 Å². The van der Waals surface area contributed by atoms with Gasteiger partial charge in [-0.25, -0.2) is 0 Å². The topological polar surface area (TPSA) is 44.8 Å². The number of halogens is 3. The number of allylic oxidation sites excluding steroid dienone is 2. The molecule has 35 heavy (non-hydrogen) atoms. The zero-order valence-electron chi connectivity index (χ0n) is 20.1. The standard InChI is InChI=1S/C28H35Cl3O4/c1-2-14-33-27(32)10-6-4-3-5-9-23-24(13-12-20-16-21(29)18-22(30)17-20)26(19-25(23)31)35-28-11-7-8-15-34-28/h2-3,5,12-13,16-18,23-26,28H,1,4,6-11,14-15,19H2/b5-3-,13-12+/t23-,24-,25-,26-,28?/m1/s1. The predicted octanol–water partition coefficient (Wildman–Crippen LogP) is 8.01. The van der Waals surface area contributed by atoms with E-state index in [-0.39, 0.29) is 42.2 Å². The number of rotatable bonds is 12. The number of hydrogen-bond donors (Lipinski definition) is 0. The molecule has 0 N–H and O–H groups in total. The molecule has 1 saturated carbocycles. The smallest absolute Gasteiger partial charge is 0.306 e. The lowest BCUT2D eigenvalue weighted by molar-refractivity contribution is -0.192. The van der Waals surface area contributed by atoms with Crippen molar-refractivity contribution in [1.29, 1.82) is 0 Å². The van der Waals surface area contributed by atoms with Crippen LogP contribution in [-0.4, -0.2) is 37.0 Å². The first-order valence-electron chi connectivity index (χ1n) is 12.4. The Morgan fingerprint density at radius 3 is 2.69 bits per heavy atom. The molecule has 1 saturated heterocycles. The monoisotopic (exact) mass is 540 g/mol. The summed E-state index contributed by atoms with van der Waals surface area (Å²) in [5, 5.41) is 1.21. The zero-order chi connectivity index (χ0) is 25.0. The molecule has 0 aromatic heterocycles. The second-order valence-electron chi connectivity index (χ2n) is 9.10. The van der Waals surface area contributed by atoms with Crippen LogP contribution in [-0.2, 0) is 19.0 Å². The highest BCUT2D eigenvalue weighted by atomic mass is 35.5. The minimum absolute atomic E-state index is 0.000258. The first kappa shape index (κ1) is 28.3. The van der Waals surface area contributed by atoms with Crippen LogP contribution in [0.3, 0.4) is 0 Å². The lowest BCUT2D eigenvalue weighted by atomic mass is 9.90. The lowest BCUT2D eigenvalue weighted by Gasteiger charge is -2.29. The van der Waals surface area contributed by atoms with Crippen LogP contribution in [0.15, 0.2) is 49.1 Å². The van der Waals surface area contributed by atoms with Gasteiger partial charge in [-0.05, 0) is 74.6 Å². The molecule has 1 unspecified atom stereocenters. The number of esters is 1. The summed E-state index contributed by atoms with van der Waals surface area (Å²) in [5.74, 6) is 0.176. The van der Waals surface area contributed by atoms with Crippen LogP contribution in [0.4, 0.5) is 0 Å². The molecular formula is C28H35Cl3O4. The Morgan fingerprint density at radius 2 is 1.97 bits per heavy atom. The van der Waals surface area contributed by atoms with E-state index in [0.717, 1.165) is 57.1 Å². The summed E-state index contributed by atoms with van der Waals surface area (Å²) in [6, 6.07) is 5.52. The molecular weight excluding hydrogens is 507 g/mol. The predicted molar refractivity (Wildman–Crippen MR) is 144 cm³/mol. The normalized spacial score (nSPS) is 27.0. The largest absolute Gasteiger partial charge is 0.461 e. The van der Waals surface area contributed by atoms with Crippen molar-refractivity contribution in [2.45, 2.75) is 69.1 Å². The van der Waals surface area contributed by atoms with E-state index < -0.39 is 0 Å². The third-order valence-electron chi connectivity index (χ3n) is 6.39. The van der Waals surface area contributed by atoms with Crippen molar-refractivity contribution in [1.82, 2.24) is 0 Å². The van der Waals surface area contributed by atoms with E-state index >= 15 is 0 Å². The first-order chi connectivity index (χ1) is 17.0. The van der Waals surface area contributed by atoms with E-state index in [4.69, 9.17) is 49.0 Å². The van der Waals surface area contributed by atoms with Gasteiger partial charge in [0.2, 0.25) is 0 Å². The van der Waals surface area contributed by atoms with Gasteiger partial charge in [-0.2, -0.15) is 0 Å². The molecule has 7 heteroatoms. The Kier molecular flexibility index (Phi) is 12.2. The van der Waals surface area contributed by atoms with Crippen molar-refractivity contribution in [3.8, 4) is 0 Å². The summed E-state index contributed by atoms with van der Waals surface area (Å²) in [6.45, 7) is 4.56. The zero-order valence-corrected chi connectivity index (χ0v) is 22.3. The molecule has 1 heterocycles. The van der Waals surface area contributed by atoms with Gasteiger partial charge >= 0.3 is 5.97 Å². The Hall–Kier alpha value is -1.30. The highest BCUT2D eigenvalue weighted by Gasteiger charge is 2.42. The van der Waals surface area contributed by atoms with Gasteiger partial charge in [-0.15, -0.1) is 11.6 Å². The van der Waals surface area contributed by atoms with Crippen LogP contribution in [0.5, 0.6) is 0 Å². The maximum atomic E-state index is 11.6. The maximum absolute atomic E-state index is 11.6. The average Bonchev–Trinajstić information content (AvgIpc) is 3.12. The molecule has 4 nitrogen and oxygen atoms in total. The van der Waals surface area contributed by atoms with Crippen LogP contribution in [0.25, 0.3) is 6.08 Å². The molecule has 0 radical (unpaired) electrons. The molecule has 0 spiro atoms. The number of hydrogen-bond acceptors (Lipinski definition) is 4. The number of ether oxygens (including phenoxy) is 3. The van der Waals surface area contributed by atoms with Crippen LogP contribution < -0.4 is 0 Å². The van der Waals surface area contributed by atoms with Crippen molar-refractivity contribution >= 4 is 46.8 Å². The summed E-state index contributed by atoms with van der Waals surface area (Å²) < 4.78 is 17.3. The Balaban J connectivity index is 1.62. The number of alkyl halides is 1. The quantitative estimate of drug-likeness (QED) is 0.116. The van der Waals surface area contributed by atoms with Crippen LogP contribution >= 0.6 is 34.8 Å². The maximum Gasteiger partial charge on any atom is 0.306 e. The molecule has 192 valence electrons. The minimum Gasteiger partial charge on any atom is -0.461 e. The number of benzene rings is 1. The average molecular weight is 542 g/mol. The lowest BCUT2D eigenvalue weighted by Crippen LogP contribution is -2.30. The van der Waals surface area contributed by atoms with Gasteiger partial charge in [0, 0.05) is 34.4 Å². The third kappa shape index (κ3) is 9.59. The molecule has 0 amide bonds.